The van der Waals surface area contributed by atoms with E-state index in [1.807, 2.05) is 17.6 Å². The SMILES string of the molecule is Cc1c(C(=O)NC2C3(C)CCC(C3)C2(C)C)c2ccc(Cl)c(Cl)c2n1CCCS(C)(=O)=O. The lowest BCUT2D eigenvalue weighted by atomic mass is 9.68. The number of carbonyl (C=O) groups excluding carboxylic acids is 1. The summed E-state index contributed by atoms with van der Waals surface area (Å²) in [5.74, 6) is 0.603. The van der Waals surface area contributed by atoms with Crippen LogP contribution in [-0.2, 0) is 16.4 Å². The Hall–Kier alpha value is -1.24. The number of carbonyl (C=O) groups is 1. The topological polar surface area (TPSA) is 68.2 Å². The molecule has 0 radical (unpaired) electrons. The molecule has 1 heterocycles. The molecular formula is C24H32Cl2N2O3S. The average molecular weight is 500 g/mol. The third-order valence-corrected chi connectivity index (χ3v) is 9.87. The van der Waals surface area contributed by atoms with Gasteiger partial charge in [0, 0.05) is 29.9 Å². The Balaban J connectivity index is 1.73. The third-order valence-electron chi connectivity index (χ3n) is 8.04. The fourth-order valence-electron chi connectivity index (χ4n) is 6.42. The highest BCUT2D eigenvalue weighted by Crippen LogP contribution is 2.62. The van der Waals surface area contributed by atoms with E-state index in [4.69, 9.17) is 23.2 Å². The molecule has 1 N–H and O–H groups in total. The second-order valence-electron chi connectivity index (χ2n) is 10.7. The lowest BCUT2D eigenvalue weighted by molar-refractivity contribution is 0.0738. The highest BCUT2D eigenvalue weighted by Gasteiger charge is 2.59. The van der Waals surface area contributed by atoms with Crippen LogP contribution in [-0.4, -0.2) is 36.9 Å². The summed E-state index contributed by atoms with van der Waals surface area (Å²) in [7, 11) is -3.08. The zero-order valence-corrected chi connectivity index (χ0v) is 21.7. The molecule has 2 aromatic rings. The normalized spacial score (nSPS) is 26.7. The van der Waals surface area contributed by atoms with Gasteiger partial charge in [-0.3, -0.25) is 4.79 Å². The highest BCUT2D eigenvalue weighted by atomic mass is 35.5. The summed E-state index contributed by atoms with van der Waals surface area (Å²) in [6, 6.07) is 3.66. The number of halogens is 2. The average Bonchev–Trinajstić information content (AvgIpc) is 3.26. The van der Waals surface area contributed by atoms with Gasteiger partial charge in [-0.05, 0) is 55.4 Å². The quantitative estimate of drug-likeness (QED) is 0.560. The Labute approximate surface area is 200 Å². The maximum atomic E-state index is 13.7. The van der Waals surface area contributed by atoms with Crippen molar-refractivity contribution in [1.29, 1.82) is 0 Å². The number of hydrogen-bond donors (Lipinski definition) is 1. The molecule has 4 rings (SSSR count). The Morgan fingerprint density at radius 1 is 1.25 bits per heavy atom. The summed E-state index contributed by atoms with van der Waals surface area (Å²) in [5, 5.41) is 4.94. The lowest BCUT2D eigenvalue weighted by Gasteiger charge is -2.43. The summed E-state index contributed by atoms with van der Waals surface area (Å²) >= 11 is 12.9. The van der Waals surface area contributed by atoms with Crippen molar-refractivity contribution < 1.29 is 13.2 Å². The molecule has 1 amide bonds. The predicted octanol–water partition coefficient (Wildman–Crippen LogP) is 5.64. The standard InChI is InChI=1S/C24H32Cl2N2O3S/c1-14-18(21(29)27-22-23(2,3)15-9-10-24(22,4)13-15)16-7-8-17(25)19(26)20(16)28(14)11-6-12-32(5,30)31/h7-8,15,22H,6,9-13H2,1-5H3,(H,27,29). The van der Waals surface area contributed by atoms with E-state index in [2.05, 4.69) is 26.1 Å². The van der Waals surface area contributed by atoms with Crippen LogP contribution in [0.2, 0.25) is 10.0 Å². The molecular weight excluding hydrogens is 467 g/mol. The Morgan fingerprint density at radius 2 is 1.94 bits per heavy atom. The summed E-state index contributed by atoms with van der Waals surface area (Å²) in [5.41, 5.74) is 2.23. The van der Waals surface area contributed by atoms with Crippen molar-refractivity contribution >= 4 is 49.8 Å². The first-order valence-corrected chi connectivity index (χ1v) is 14.0. The highest BCUT2D eigenvalue weighted by molar-refractivity contribution is 7.90. The number of hydrogen-bond acceptors (Lipinski definition) is 3. The van der Waals surface area contributed by atoms with Crippen LogP contribution in [0.1, 0.15) is 62.5 Å². The number of fused-ring (bicyclic) bond motifs is 3. The van der Waals surface area contributed by atoms with Crippen LogP contribution in [0.4, 0.5) is 0 Å². The van der Waals surface area contributed by atoms with E-state index in [0.717, 1.165) is 23.9 Å². The monoisotopic (exact) mass is 498 g/mol. The Bertz CT molecular complexity index is 1200. The second kappa shape index (κ2) is 7.92. The minimum atomic E-state index is -3.08. The first kappa shape index (κ1) is 23.9. The molecule has 2 fully saturated rings. The molecule has 8 heteroatoms. The molecule has 3 unspecified atom stereocenters. The van der Waals surface area contributed by atoms with Gasteiger partial charge in [0.25, 0.3) is 5.91 Å². The first-order valence-electron chi connectivity index (χ1n) is 11.2. The van der Waals surface area contributed by atoms with E-state index >= 15 is 0 Å². The van der Waals surface area contributed by atoms with Crippen molar-refractivity contribution in [2.45, 2.75) is 66.0 Å². The van der Waals surface area contributed by atoms with Gasteiger partial charge in [-0.1, -0.05) is 50.0 Å². The fraction of sp³-hybridized carbons (Fsp3) is 0.625. The number of aryl methyl sites for hydroxylation is 1. The zero-order valence-electron chi connectivity index (χ0n) is 19.4. The van der Waals surface area contributed by atoms with Crippen molar-refractivity contribution in [3.8, 4) is 0 Å². The van der Waals surface area contributed by atoms with E-state index in [-0.39, 0.29) is 28.5 Å². The maximum Gasteiger partial charge on any atom is 0.253 e. The minimum Gasteiger partial charge on any atom is -0.348 e. The number of rotatable bonds is 6. The van der Waals surface area contributed by atoms with Crippen LogP contribution in [0.3, 0.4) is 0 Å². The van der Waals surface area contributed by atoms with Gasteiger partial charge in [-0.25, -0.2) is 8.42 Å². The molecule has 2 bridgehead atoms. The summed E-state index contributed by atoms with van der Waals surface area (Å²) in [6.45, 7) is 9.17. The number of benzene rings is 1. The van der Waals surface area contributed by atoms with Gasteiger partial charge >= 0.3 is 0 Å². The third kappa shape index (κ3) is 3.86. The Kier molecular flexibility index (Phi) is 5.91. The van der Waals surface area contributed by atoms with Crippen LogP contribution < -0.4 is 5.32 Å². The number of aromatic nitrogens is 1. The number of sulfone groups is 1. The molecule has 0 saturated heterocycles. The molecule has 176 valence electrons. The van der Waals surface area contributed by atoms with Crippen LogP contribution in [0.15, 0.2) is 12.1 Å². The van der Waals surface area contributed by atoms with Gasteiger partial charge in [0.1, 0.15) is 9.84 Å². The predicted molar refractivity (Wildman–Crippen MR) is 132 cm³/mol. The van der Waals surface area contributed by atoms with Crippen LogP contribution in [0.5, 0.6) is 0 Å². The largest absolute Gasteiger partial charge is 0.348 e. The number of amides is 1. The smallest absolute Gasteiger partial charge is 0.253 e. The van der Waals surface area contributed by atoms with Gasteiger partial charge in [0.15, 0.2) is 0 Å². The van der Waals surface area contributed by atoms with E-state index in [1.165, 1.54) is 12.7 Å². The van der Waals surface area contributed by atoms with Crippen molar-refractivity contribution in [2.75, 3.05) is 12.0 Å². The number of nitrogens with zero attached hydrogens (tertiary/aromatic N) is 1. The van der Waals surface area contributed by atoms with E-state index in [0.29, 0.717) is 40.0 Å². The molecule has 3 atom stereocenters. The molecule has 32 heavy (non-hydrogen) atoms. The maximum absolute atomic E-state index is 13.7. The van der Waals surface area contributed by atoms with Crippen LogP contribution in [0, 0.1) is 23.7 Å². The van der Waals surface area contributed by atoms with E-state index in [9.17, 15) is 13.2 Å². The molecule has 1 aromatic heterocycles. The molecule has 2 saturated carbocycles. The van der Waals surface area contributed by atoms with Gasteiger partial charge in [-0.2, -0.15) is 0 Å². The summed E-state index contributed by atoms with van der Waals surface area (Å²) in [6.07, 6.45) is 5.18. The molecule has 2 aliphatic carbocycles. The fourth-order valence-corrected chi connectivity index (χ4v) is 7.49. The Morgan fingerprint density at radius 3 is 2.53 bits per heavy atom. The lowest BCUT2D eigenvalue weighted by Crippen LogP contribution is -2.52. The first-order chi connectivity index (χ1) is 14.8. The summed E-state index contributed by atoms with van der Waals surface area (Å²) < 4.78 is 25.2. The molecule has 1 aromatic carbocycles. The van der Waals surface area contributed by atoms with Crippen molar-refractivity contribution in [2.24, 2.45) is 16.7 Å². The van der Waals surface area contributed by atoms with Gasteiger partial charge in [0.05, 0.1) is 26.9 Å². The molecule has 5 nitrogen and oxygen atoms in total. The second-order valence-corrected chi connectivity index (χ2v) is 13.7. The van der Waals surface area contributed by atoms with E-state index in [1.54, 1.807) is 6.07 Å². The van der Waals surface area contributed by atoms with Crippen molar-refractivity contribution in [1.82, 2.24) is 9.88 Å². The van der Waals surface area contributed by atoms with Crippen molar-refractivity contribution in [3.63, 3.8) is 0 Å². The van der Waals surface area contributed by atoms with Gasteiger partial charge in [0.2, 0.25) is 0 Å². The minimum absolute atomic E-state index is 0.0470. The molecule has 0 spiro atoms. The summed E-state index contributed by atoms with van der Waals surface area (Å²) in [4.78, 5) is 13.7. The van der Waals surface area contributed by atoms with Crippen LogP contribution >= 0.6 is 23.2 Å². The molecule has 2 aliphatic rings. The molecule has 0 aliphatic heterocycles. The zero-order chi connectivity index (χ0) is 23.6. The van der Waals surface area contributed by atoms with Gasteiger partial charge < -0.3 is 9.88 Å². The van der Waals surface area contributed by atoms with E-state index < -0.39 is 9.84 Å². The number of nitrogens with one attached hydrogen (secondary N) is 1. The van der Waals surface area contributed by atoms with Crippen LogP contribution in [0.25, 0.3) is 10.9 Å². The van der Waals surface area contributed by atoms with Crippen molar-refractivity contribution in [3.05, 3.63) is 33.4 Å². The van der Waals surface area contributed by atoms with Gasteiger partial charge in [-0.15, -0.1) is 0 Å².